The van der Waals surface area contributed by atoms with E-state index in [9.17, 15) is 4.79 Å². The fourth-order valence-electron chi connectivity index (χ4n) is 4.14. The fraction of sp³-hybridized carbons (Fsp3) is 0.409. The van der Waals surface area contributed by atoms with Gasteiger partial charge >= 0.3 is 0 Å². The molecule has 4 rings (SSSR count). The summed E-state index contributed by atoms with van der Waals surface area (Å²) in [5.74, 6) is 1.10. The second kappa shape index (κ2) is 8.21. The van der Waals surface area contributed by atoms with Crippen LogP contribution in [0.25, 0.3) is 11.0 Å². The van der Waals surface area contributed by atoms with Crippen LogP contribution >= 0.6 is 0 Å². The molecule has 1 unspecified atom stereocenters. The van der Waals surface area contributed by atoms with Crippen LogP contribution in [0, 0.1) is 6.92 Å². The summed E-state index contributed by atoms with van der Waals surface area (Å²) in [6.07, 6.45) is 3.03. The summed E-state index contributed by atoms with van der Waals surface area (Å²) in [6.45, 7) is 4.59. The molecular formula is C22H27N5O2. The van der Waals surface area contributed by atoms with Crippen molar-refractivity contribution in [2.75, 3.05) is 26.7 Å². The van der Waals surface area contributed by atoms with Gasteiger partial charge in [0.2, 0.25) is 5.91 Å². The van der Waals surface area contributed by atoms with Gasteiger partial charge < -0.3 is 15.4 Å². The molecule has 29 heavy (non-hydrogen) atoms. The molecule has 7 heteroatoms. The molecule has 0 spiro atoms. The number of aromatic nitrogens is 3. The molecule has 0 radical (unpaired) electrons. The van der Waals surface area contributed by atoms with Gasteiger partial charge in [-0.3, -0.25) is 4.79 Å². The summed E-state index contributed by atoms with van der Waals surface area (Å²) >= 11 is 0. The number of nitrogens with two attached hydrogens (primary N) is 1. The summed E-state index contributed by atoms with van der Waals surface area (Å²) in [4.78, 5) is 19.4. The largest absolute Gasteiger partial charge is 0.496 e. The van der Waals surface area contributed by atoms with Crippen molar-refractivity contribution in [2.45, 2.75) is 32.2 Å². The van der Waals surface area contributed by atoms with Gasteiger partial charge in [0.15, 0.2) is 5.65 Å². The average molecular weight is 393 g/mol. The van der Waals surface area contributed by atoms with Crippen molar-refractivity contribution in [3.05, 3.63) is 53.3 Å². The highest BCUT2D eigenvalue weighted by Crippen LogP contribution is 2.32. The highest BCUT2D eigenvalue weighted by Gasteiger charge is 2.31. The van der Waals surface area contributed by atoms with Crippen LogP contribution in [0.3, 0.4) is 0 Å². The third kappa shape index (κ3) is 3.82. The van der Waals surface area contributed by atoms with Gasteiger partial charge in [-0.2, -0.15) is 5.10 Å². The molecule has 0 aliphatic carbocycles. The van der Waals surface area contributed by atoms with Gasteiger partial charge in [-0.1, -0.05) is 17.7 Å². The van der Waals surface area contributed by atoms with E-state index in [4.69, 9.17) is 15.6 Å². The number of aryl methyl sites for hydroxylation is 1. The zero-order chi connectivity index (χ0) is 20.4. The minimum absolute atomic E-state index is 0.125. The average Bonchev–Trinajstić information content (AvgIpc) is 3.34. The van der Waals surface area contributed by atoms with E-state index < -0.39 is 0 Å². The molecular weight excluding hydrogens is 366 g/mol. The standard InChI is InChI=1S/C22H27N5O2/c1-15-5-6-19(29-2)17(12-15)13-20(28)26-10-7-16(14-26)21-18-4-3-9-24-22(18)27(25-21)11-8-23/h3-6,9,12,16H,7-8,10-11,13-14,23H2,1-2H3. The normalized spacial score (nSPS) is 16.5. The highest BCUT2D eigenvalue weighted by atomic mass is 16.5. The van der Waals surface area contributed by atoms with Gasteiger partial charge in [0.25, 0.3) is 0 Å². The lowest BCUT2D eigenvalue weighted by atomic mass is 10.0. The molecule has 1 aliphatic rings. The Kier molecular flexibility index (Phi) is 5.49. The van der Waals surface area contributed by atoms with E-state index in [1.807, 2.05) is 40.8 Å². The number of methoxy groups -OCH3 is 1. The molecule has 0 saturated carbocycles. The van der Waals surface area contributed by atoms with Crippen LogP contribution in [-0.2, 0) is 17.8 Å². The zero-order valence-electron chi connectivity index (χ0n) is 17.0. The molecule has 3 heterocycles. The third-order valence-corrected chi connectivity index (χ3v) is 5.58. The molecule has 1 fully saturated rings. The lowest BCUT2D eigenvalue weighted by Gasteiger charge is -2.17. The lowest BCUT2D eigenvalue weighted by molar-refractivity contribution is -0.129. The van der Waals surface area contributed by atoms with Crippen molar-refractivity contribution >= 4 is 16.9 Å². The Hall–Kier alpha value is -2.93. The molecule has 0 bridgehead atoms. The molecule has 1 saturated heterocycles. The minimum Gasteiger partial charge on any atom is -0.496 e. The Morgan fingerprint density at radius 2 is 2.21 bits per heavy atom. The zero-order valence-corrected chi connectivity index (χ0v) is 17.0. The number of pyridine rings is 1. The van der Waals surface area contributed by atoms with Crippen LogP contribution in [0.1, 0.15) is 29.2 Å². The first kappa shape index (κ1) is 19.4. The summed E-state index contributed by atoms with van der Waals surface area (Å²) in [7, 11) is 1.64. The second-order valence-corrected chi connectivity index (χ2v) is 7.59. The van der Waals surface area contributed by atoms with E-state index in [0.29, 0.717) is 26.1 Å². The predicted octanol–water partition coefficient (Wildman–Crippen LogP) is 2.27. The molecule has 1 aromatic carbocycles. The van der Waals surface area contributed by atoms with Gasteiger partial charge in [-0.05, 0) is 31.5 Å². The van der Waals surface area contributed by atoms with E-state index in [0.717, 1.165) is 46.6 Å². The number of amides is 1. The number of fused-ring (bicyclic) bond motifs is 1. The molecule has 2 N–H and O–H groups in total. The van der Waals surface area contributed by atoms with E-state index in [1.165, 1.54) is 0 Å². The number of rotatable bonds is 6. The van der Waals surface area contributed by atoms with E-state index in [-0.39, 0.29) is 11.8 Å². The summed E-state index contributed by atoms with van der Waals surface area (Å²) in [6, 6.07) is 9.93. The molecule has 7 nitrogen and oxygen atoms in total. The van der Waals surface area contributed by atoms with Crippen molar-refractivity contribution in [3.63, 3.8) is 0 Å². The third-order valence-electron chi connectivity index (χ3n) is 5.58. The Balaban J connectivity index is 1.52. The number of hydrogen-bond acceptors (Lipinski definition) is 5. The number of nitrogens with zero attached hydrogens (tertiary/aromatic N) is 4. The van der Waals surface area contributed by atoms with Crippen LogP contribution in [0.5, 0.6) is 5.75 Å². The Morgan fingerprint density at radius 1 is 1.34 bits per heavy atom. The number of carbonyl (C=O) groups is 1. The van der Waals surface area contributed by atoms with Gasteiger partial charge in [-0.25, -0.2) is 9.67 Å². The summed E-state index contributed by atoms with van der Waals surface area (Å²) < 4.78 is 7.31. The van der Waals surface area contributed by atoms with Crippen LogP contribution < -0.4 is 10.5 Å². The number of carbonyl (C=O) groups excluding carboxylic acids is 1. The summed E-state index contributed by atoms with van der Waals surface area (Å²) in [5, 5.41) is 5.85. The highest BCUT2D eigenvalue weighted by molar-refractivity contribution is 5.81. The van der Waals surface area contributed by atoms with Gasteiger partial charge in [0.1, 0.15) is 5.75 Å². The monoisotopic (exact) mass is 393 g/mol. The summed E-state index contributed by atoms with van der Waals surface area (Å²) in [5.41, 5.74) is 9.67. The van der Waals surface area contributed by atoms with Crippen LogP contribution in [-0.4, -0.2) is 52.3 Å². The molecule has 1 amide bonds. The minimum atomic E-state index is 0.125. The van der Waals surface area contributed by atoms with Crippen molar-refractivity contribution in [2.24, 2.45) is 5.73 Å². The number of hydrogen-bond donors (Lipinski definition) is 1. The Labute approximate surface area is 170 Å². The molecule has 152 valence electrons. The van der Waals surface area contributed by atoms with Gasteiger partial charge in [-0.15, -0.1) is 0 Å². The molecule has 1 atom stereocenters. The predicted molar refractivity (Wildman–Crippen MR) is 112 cm³/mol. The second-order valence-electron chi connectivity index (χ2n) is 7.59. The first-order valence-electron chi connectivity index (χ1n) is 10.0. The number of likely N-dealkylation sites (tertiary alicyclic amines) is 1. The van der Waals surface area contributed by atoms with Crippen molar-refractivity contribution in [3.8, 4) is 5.75 Å². The maximum absolute atomic E-state index is 13.0. The SMILES string of the molecule is COc1ccc(C)cc1CC(=O)N1CCC(c2nn(CCN)c3ncccc23)C1. The fourth-order valence-corrected chi connectivity index (χ4v) is 4.14. The van der Waals surface area contributed by atoms with E-state index >= 15 is 0 Å². The first-order chi connectivity index (χ1) is 14.1. The Bertz CT molecular complexity index is 1030. The number of benzene rings is 1. The van der Waals surface area contributed by atoms with Crippen molar-refractivity contribution in [1.29, 1.82) is 0 Å². The first-order valence-corrected chi connectivity index (χ1v) is 10.0. The quantitative estimate of drug-likeness (QED) is 0.694. The van der Waals surface area contributed by atoms with Crippen molar-refractivity contribution in [1.82, 2.24) is 19.7 Å². The van der Waals surface area contributed by atoms with Gasteiger partial charge in [0, 0.05) is 42.7 Å². The molecule has 3 aromatic rings. The van der Waals surface area contributed by atoms with E-state index in [1.54, 1.807) is 13.3 Å². The van der Waals surface area contributed by atoms with Crippen LogP contribution in [0.4, 0.5) is 0 Å². The van der Waals surface area contributed by atoms with Gasteiger partial charge in [0.05, 0.1) is 25.8 Å². The maximum Gasteiger partial charge on any atom is 0.227 e. The smallest absolute Gasteiger partial charge is 0.227 e. The molecule has 1 aliphatic heterocycles. The maximum atomic E-state index is 13.0. The van der Waals surface area contributed by atoms with E-state index in [2.05, 4.69) is 11.1 Å². The van der Waals surface area contributed by atoms with Crippen LogP contribution in [0.15, 0.2) is 36.5 Å². The molecule has 2 aromatic heterocycles. The van der Waals surface area contributed by atoms with Crippen molar-refractivity contribution < 1.29 is 9.53 Å². The lowest BCUT2D eigenvalue weighted by Crippen LogP contribution is -2.30. The van der Waals surface area contributed by atoms with Crippen LogP contribution in [0.2, 0.25) is 0 Å². The Morgan fingerprint density at radius 3 is 3.00 bits per heavy atom. The number of ether oxygens (including phenoxy) is 1. The topological polar surface area (TPSA) is 86.3 Å².